The van der Waals surface area contributed by atoms with Crippen molar-refractivity contribution in [2.75, 3.05) is 32.8 Å². The molecule has 0 heterocycles. The predicted molar refractivity (Wildman–Crippen MR) is 172 cm³/mol. The SMILES string of the molecule is C=C(C)C(=O)OCCCCCCCCCCCCN(CCCCCCN(CC)C(=O)OC(C)(C)C)C(=O)OC(C)(C)C. The lowest BCUT2D eigenvalue weighted by atomic mass is 10.1. The molecule has 0 unspecified atom stereocenters. The molecule has 0 radical (unpaired) electrons. The first-order valence-electron chi connectivity index (χ1n) is 16.4. The zero-order valence-electron chi connectivity index (χ0n) is 28.5. The summed E-state index contributed by atoms with van der Waals surface area (Å²) in [5.74, 6) is -0.295. The van der Waals surface area contributed by atoms with Crippen molar-refractivity contribution >= 4 is 18.2 Å². The number of amides is 2. The van der Waals surface area contributed by atoms with Crippen LogP contribution >= 0.6 is 0 Å². The maximum atomic E-state index is 12.8. The smallest absolute Gasteiger partial charge is 0.410 e. The Balaban J connectivity index is 4.16. The van der Waals surface area contributed by atoms with E-state index in [4.69, 9.17) is 14.2 Å². The van der Waals surface area contributed by atoms with Gasteiger partial charge in [0.2, 0.25) is 0 Å². The fraction of sp³-hybridized carbons (Fsp3) is 0.853. The number of rotatable bonds is 22. The van der Waals surface area contributed by atoms with Crippen LogP contribution in [0.3, 0.4) is 0 Å². The molecule has 0 saturated carbocycles. The third kappa shape index (κ3) is 23.3. The Morgan fingerprint density at radius 2 is 0.905 bits per heavy atom. The van der Waals surface area contributed by atoms with Gasteiger partial charge in [0.1, 0.15) is 11.2 Å². The second-order valence-electron chi connectivity index (χ2n) is 13.4. The molecule has 2 amide bonds. The first-order chi connectivity index (χ1) is 19.7. The van der Waals surface area contributed by atoms with E-state index in [9.17, 15) is 14.4 Å². The average Bonchev–Trinajstić information content (AvgIpc) is 2.87. The summed E-state index contributed by atoms with van der Waals surface area (Å²) < 4.78 is 16.3. The predicted octanol–water partition coefficient (Wildman–Crippen LogP) is 9.06. The van der Waals surface area contributed by atoms with Crippen molar-refractivity contribution in [2.45, 2.75) is 156 Å². The van der Waals surface area contributed by atoms with E-state index in [1.165, 1.54) is 38.5 Å². The van der Waals surface area contributed by atoms with Gasteiger partial charge >= 0.3 is 18.2 Å². The fourth-order valence-electron chi connectivity index (χ4n) is 4.39. The van der Waals surface area contributed by atoms with Crippen LogP contribution in [-0.4, -0.2) is 71.9 Å². The highest BCUT2D eigenvalue weighted by Gasteiger charge is 2.22. The Hall–Kier alpha value is -2.25. The highest BCUT2D eigenvalue weighted by atomic mass is 16.6. The van der Waals surface area contributed by atoms with Crippen molar-refractivity contribution in [2.24, 2.45) is 0 Å². The average molecular weight is 597 g/mol. The van der Waals surface area contributed by atoms with E-state index in [2.05, 4.69) is 6.58 Å². The van der Waals surface area contributed by atoms with Crippen LogP contribution < -0.4 is 0 Å². The summed E-state index contributed by atoms with van der Waals surface area (Å²) in [4.78, 5) is 40.1. The molecular formula is C34H64N2O6. The highest BCUT2D eigenvalue weighted by molar-refractivity contribution is 5.86. The van der Waals surface area contributed by atoms with Gasteiger partial charge in [-0.15, -0.1) is 0 Å². The third-order valence-corrected chi connectivity index (χ3v) is 6.70. The molecule has 0 aromatic rings. The molecule has 0 aliphatic carbocycles. The molecule has 0 aliphatic rings. The van der Waals surface area contributed by atoms with E-state index < -0.39 is 11.2 Å². The number of carbonyl (C=O) groups excluding carboxylic acids is 3. The maximum absolute atomic E-state index is 12.8. The number of hydrogen-bond acceptors (Lipinski definition) is 6. The van der Waals surface area contributed by atoms with Crippen LogP contribution in [0.5, 0.6) is 0 Å². The molecular weight excluding hydrogens is 532 g/mol. The van der Waals surface area contributed by atoms with Gasteiger partial charge < -0.3 is 24.0 Å². The van der Waals surface area contributed by atoms with Gasteiger partial charge in [-0.1, -0.05) is 70.8 Å². The van der Waals surface area contributed by atoms with Crippen molar-refractivity contribution < 1.29 is 28.6 Å². The molecule has 0 aromatic carbocycles. The van der Waals surface area contributed by atoms with Gasteiger partial charge in [-0.2, -0.15) is 0 Å². The molecule has 42 heavy (non-hydrogen) atoms. The lowest BCUT2D eigenvalue weighted by molar-refractivity contribution is -0.139. The Labute approximate surface area is 257 Å². The maximum Gasteiger partial charge on any atom is 0.410 e. The summed E-state index contributed by atoms with van der Waals surface area (Å²) >= 11 is 0. The quantitative estimate of drug-likeness (QED) is 0.0536. The molecule has 8 heteroatoms. The van der Waals surface area contributed by atoms with E-state index >= 15 is 0 Å². The Bertz CT molecular complexity index is 769. The summed E-state index contributed by atoms with van der Waals surface area (Å²) in [7, 11) is 0. The molecule has 0 fully saturated rings. The van der Waals surface area contributed by atoms with Gasteiger partial charge in [0.25, 0.3) is 0 Å². The number of esters is 1. The second kappa shape index (κ2) is 22.3. The molecule has 246 valence electrons. The zero-order valence-corrected chi connectivity index (χ0v) is 28.5. The molecule has 8 nitrogen and oxygen atoms in total. The zero-order chi connectivity index (χ0) is 32.0. The van der Waals surface area contributed by atoms with Gasteiger partial charge in [-0.05, 0) is 81.1 Å². The molecule has 0 atom stereocenters. The van der Waals surface area contributed by atoms with Crippen LogP contribution in [-0.2, 0) is 19.0 Å². The number of carbonyl (C=O) groups is 3. The monoisotopic (exact) mass is 596 g/mol. The molecule has 0 rings (SSSR count). The summed E-state index contributed by atoms with van der Waals surface area (Å²) in [6, 6.07) is 0. The van der Waals surface area contributed by atoms with Crippen molar-refractivity contribution in [3.63, 3.8) is 0 Å². The Kier molecular flexibility index (Phi) is 21.1. The van der Waals surface area contributed by atoms with Gasteiger partial charge in [0.05, 0.1) is 6.61 Å². The van der Waals surface area contributed by atoms with E-state index in [-0.39, 0.29) is 18.2 Å². The van der Waals surface area contributed by atoms with Crippen molar-refractivity contribution in [3.05, 3.63) is 12.2 Å². The first kappa shape index (κ1) is 39.8. The molecule has 0 N–H and O–H groups in total. The molecule has 0 aromatic heterocycles. The van der Waals surface area contributed by atoms with E-state index in [1.54, 1.807) is 11.8 Å². The van der Waals surface area contributed by atoms with Crippen LogP contribution in [0.2, 0.25) is 0 Å². The van der Waals surface area contributed by atoms with E-state index in [0.717, 1.165) is 57.9 Å². The van der Waals surface area contributed by atoms with E-state index in [0.29, 0.717) is 31.8 Å². The Morgan fingerprint density at radius 1 is 0.571 bits per heavy atom. The normalized spacial score (nSPS) is 11.6. The lowest BCUT2D eigenvalue weighted by Crippen LogP contribution is -2.38. The number of ether oxygens (including phenoxy) is 3. The summed E-state index contributed by atoms with van der Waals surface area (Å²) in [5, 5.41) is 0. The number of hydrogen-bond donors (Lipinski definition) is 0. The van der Waals surface area contributed by atoms with Crippen LogP contribution in [0.1, 0.15) is 145 Å². The second-order valence-corrected chi connectivity index (χ2v) is 13.4. The van der Waals surface area contributed by atoms with Crippen LogP contribution in [0.15, 0.2) is 12.2 Å². The number of nitrogens with zero attached hydrogens (tertiary/aromatic N) is 2. The fourth-order valence-corrected chi connectivity index (χ4v) is 4.39. The third-order valence-electron chi connectivity index (χ3n) is 6.70. The minimum atomic E-state index is -0.504. The Morgan fingerprint density at radius 3 is 1.26 bits per heavy atom. The first-order valence-corrected chi connectivity index (χ1v) is 16.4. The van der Waals surface area contributed by atoms with Crippen molar-refractivity contribution in [1.29, 1.82) is 0 Å². The summed E-state index contributed by atoms with van der Waals surface area (Å²) in [6.45, 7) is 21.8. The van der Waals surface area contributed by atoms with Gasteiger partial charge in [-0.25, -0.2) is 14.4 Å². The largest absolute Gasteiger partial charge is 0.462 e. The number of unbranched alkanes of at least 4 members (excludes halogenated alkanes) is 12. The minimum Gasteiger partial charge on any atom is -0.462 e. The van der Waals surface area contributed by atoms with Gasteiger partial charge in [0.15, 0.2) is 0 Å². The van der Waals surface area contributed by atoms with Crippen molar-refractivity contribution in [1.82, 2.24) is 9.80 Å². The van der Waals surface area contributed by atoms with Gasteiger partial charge in [0, 0.05) is 31.8 Å². The minimum absolute atomic E-state index is 0.223. The summed E-state index contributed by atoms with van der Waals surface area (Å²) in [5.41, 5.74) is -0.534. The van der Waals surface area contributed by atoms with Crippen LogP contribution in [0.25, 0.3) is 0 Å². The topological polar surface area (TPSA) is 85.4 Å². The van der Waals surface area contributed by atoms with Crippen LogP contribution in [0, 0.1) is 0 Å². The molecule has 0 saturated heterocycles. The molecule has 0 spiro atoms. The highest BCUT2D eigenvalue weighted by Crippen LogP contribution is 2.15. The standard InChI is InChI=1S/C34H64N2O6/c1-10-35(31(38)41-33(4,5)6)25-21-18-19-23-27-36(32(39)42-34(7,8)9)26-22-17-15-13-11-12-14-16-20-24-28-40-30(37)29(2)3/h2,10-28H2,1,3-9H3. The van der Waals surface area contributed by atoms with Crippen LogP contribution in [0.4, 0.5) is 9.59 Å². The summed E-state index contributed by atoms with van der Waals surface area (Å²) in [6.07, 6.45) is 14.8. The molecule has 0 aliphatic heterocycles. The van der Waals surface area contributed by atoms with Gasteiger partial charge in [-0.3, -0.25) is 0 Å². The van der Waals surface area contributed by atoms with Crippen molar-refractivity contribution in [3.8, 4) is 0 Å². The molecule has 0 bridgehead atoms. The van der Waals surface area contributed by atoms with E-state index in [1.807, 2.05) is 53.4 Å². The lowest BCUT2D eigenvalue weighted by Gasteiger charge is -2.28.